The van der Waals surface area contributed by atoms with Gasteiger partial charge in [0.25, 0.3) is 0 Å². The average molecular weight is 253 g/mol. The van der Waals surface area contributed by atoms with E-state index < -0.39 is 6.10 Å². The largest absolute Gasteiger partial charge is 0.388 e. The van der Waals surface area contributed by atoms with Gasteiger partial charge in [-0.05, 0) is 17.7 Å². The lowest BCUT2D eigenvalue weighted by atomic mass is 10.1. The normalized spacial score (nSPS) is 12.6. The van der Waals surface area contributed by atoms with Gasteiger partial charge in [-0.1, -0.05) is 23.9 Å². The van der Waals surface area contributed by atoms with Crippen LogP contribution < -0.4 is 0 Å². The Morgan fingerprint density at radius 3 is 2.71 bits per heavy atom. The molecule has 1 heterocycles. The Morgan fingerprint density at radius 2 is 2.12 bits per heavy atom. The van der Waals surface area contributed by atoms with Gasteiger partial charge >= 0.3 is 0 Å². The van der Waals surface area contributed by atoms with Crippen LogP contribution in [0, 0.1) is 5.82 Å². The molecule has 0 fully saturated rings. The third-order valence-electron chi connectivity index (χ3n) is 2.29. The summed E-state index contributed by atoms with van der Waals surface area (Å²) in [6, 6.07) is 5.84. The van der Waals surface area contributed by atoms with E-state index in [0.29, 0.717) is 11.3 Å². The molecular formula is C11H12FN3OS. The van der Waals surface area contributed by atoms with Crippen LogP contribution in [0.1, 0.15) is 11.7 Å². The van der Waals surface area contributed by atoms with E-state index >= 15 is 0 Å². The molecule has 0 saturated heterocycles. The van der Waals surface area contributed by atoms with Gasteiger partial charge in [0.05, 0.1) is 6.10 Å². The van der Waals surface area contributed by atoms with Gasteiger partial charge < -0.3 is 5.11 Å². The van der Waals surface area contributed by atoms with Gasteiger partial charge in [0, 0.05) is 12.8 Å². The maximum Gasteiger partial charge on any atom is 0.185 e. The molecule has 0 aliphatic rings. The fraction of sp³-hybridized carbons (Fsp3) is 0.273. The van der Waals surface area contributed by atoms with Crippen LogP contribution in [0.15, 0.2) is 35.7 Å². The predicted molar refractivity (Wildman–Crippen MR) is 63.1 cm³/mol. The summed E-state index contributed by atoms with van der Waals surface area (Å²) in [4.78, 5) is 4.04. The topological polar surface area (TPSA) is 50.9 Å². The van der Waals surface area contributed by atoms with Crippen LogP contribution in [0.2, 0.25) is 0 Å². The number of aliphatic hydroxyl groups is 1. The second-order valence-corrected chi connectivity index (χ2v) is 4.53. The number of nitrogens with zero attached hydrogens (tertiary/aromatic N) is 3. The zero-order chi connectivity index (χ0) is 12.3. The smallest absolute Gasteiger partial charge is 0.185 e. The summed E-state index contributed by atoms with van der Waals surface area (Å²) in [5, 5.41) is 14.6. The van der Waals surface area contributed by atoms with Crippen molar-refractivity contribution in [3.8, 4) is 0 Å². The standard InChI is InChI=1S/C11H12FN3OS/c1-15-11(13-7-14-15)17-6-10(16)8-2-4-9(12)5-3-8/h2-5,7,10,16H,6H2,1H3/t10-/m1/s1. The number of aliphatic hydroxyl groups excluding tert-OH is 1. The summed E-state index contributed by atoms with van der Waals surface area (Å²) in [5.74, 6) is 0.153. The molecule has 0 spiro atoms. The van der Waals surface area contributed by atoms with Crippen LogP contribution in [0.25, 0.3) is 0 Å². The van der Waals surface area contributed by atoms with Crippen molar-refractivity contribution in [1.29, 1.82) is 0 Å². The van der Waals surface area contributed by atoms with Crippen molar-refractivity contribution in [2.45, 2.75) is 11.3 Å². The van der Waals surface area contributed by atoms with Crippen LogP contribution in [-0.2, 0) is 7.05 Å². The molecule has 1 aromatic carbocycles. The number of rotatable bonds is 4. The molecule has 90 valence electrons. The van der Waals surface area contributed by atoms with E-state index in [-0.39, 0.29) is 5.82 Å². The van der Waals surface area contributed by atoms with Crippen molar-refractivity contribution >= 4 is 11.8 Å². The van der Waals surface area contributed by atoms with Crippen molar-refractivity contribution < 1.29 is 9.50 Å². The molecule has 0 amide bonds. The van der Waals surface area contributed by atoms with Gasteiger partial charge in [-0.3, -0.25) is 0 Å². The zero-order valence-electron chi connectivity index (χ0n) is 9.25. The highest BCUT2D eigenvalue weighted by Crippen LogP contribution is 2.22. The van der Waals surface area contributed by atoms with Crippen molar-refractivity contribution in [1.82, 2.24) is 14.8 Å². The highest BCUT2D eigenvalue weighted by atomic mass is 32.2. The first-order chi connectivity index (χ1) is 8.16. The average Bonchev–Trinajstić information content (AvgIpc) is 2.73. The minimum absolute atomic E-state index is 0.304. The Labute approximate surface area is 102 Å². The second kappa shape index (κ2) is 5.29. The Kier molecular flexibility index (Phi) is 3.75. The number of aromatic nitrogens is 3. The molecular weight excluding hydrogens is 241 g/mol. The third-order valence-corrected chi connectivity index (χ3v) is 3.41. The van der Waals surface area contributed by atoms with Gasteiger partial charge in [-0.25, -0.2) is 14.1 Å². The second-order valence-electron chi connectivity index (χ2n) is 3.54. The molecule has 0 aliphatic heterocycles. The third kappa shape index (κ3) is 3.04. The molecule has 2 aromatic rings. The van der Waals surface area contributed by atoms with Gasteiger partial charge in [0.1, 0.15) is 12.1 Å². The molecule has 0 bridgehead atoms. The minimum atomic E-state index is -0.641. The summed E-state index contributed by atoms with van der Waals surface area (Å²) in [6.45, 7) is 0. The molecule has 0 aliphatic carbocycles. The molecule has 6 heteroatoms. The lowest BCUT2D eigenvalue weighted by molar-refractivity contribution is 0.204. The summed E-state index contributed by atoms with van der Waals surface area (Å²) < 4.78 is 14.3. The monoisotopic (exact) mass is 253 g/mol. The van der Waals surface area contributed by atoms with Crippen molar-refractivity contribution in [3.63, 3.8) is 0 Å². The molecule has 0 saturated carbocycles. The SMILES string of the molecule is Cn1ncnc1SC[C@@H](O)c1ccc(F)cc1. The van der Waals surface area contributed by atoms with E-state index in [4.69, 9.17) is 0 Å². The van der Waals surface area contributed by atoms with Crippen LogP contribution >= 0.6 is 11.8 Å². The molecule has 2 rings (SSSR count). The Balaban J connectivity index is 1.95. The predicted octanol–water partition coefficient (Wildman–Crippen LogP) is 1.78. The quantitative estimate of drug-likeness (QED) is 0.844. The number of hydrogen-bond acceptors (Lipinski definition) is 4. The molecule has 0 unspecified atom stereocenters. The number of hydrogen-bond donors (Lipinski definition) is 1. The molecule has 1 N–H and O–H groups in total. The van der Waals surface area contributed by atoms with E-state index in [1.165, 1.54) is 30.2 Å². The Hall–Kier alpha value is -1.40. The molecule has 4 nitrogen and oxygen atoms in total. The number of halogens is 1. The number of thioether (sulfide) groups is 1. The van der Waals surface area contributed by atoms with Gasteiger partial charge in [-0.2, -0.15) is 5.10 Å². The fourth-order valence-electron chi connectivity index (χ4n) is 1.35. The molecule has 17 heavy (non-hydrogen) atoms. The van der Waals surface area contributed by atoms with Crippen LogP contribution in [0.3, 0.4) is 0 Å². The lowest BCUT2D eigenvalue weighted by Gasteiger charge is -2.09. The van der Waals surface area contributed by atoms with Gasteiger partial charge in [0.15, 0.2) is 5.16 Å². The molecule has 1 aromatic heterocycles. The first kappa shape index (κ1) is 12.1. The van der Waals surface area contributed by atoms with Crippen LogP contribution in [0.5, 0.6) is 0 Å². The first-order valence-corrected chi connectivity index (χ1v) is 6.05. The fourth-order valence-corrected chi connectivity index (χ4v) is 2.21. The maximum absolute atomic E-state index is 12.7. The van der Waals surface area contributed by atoms with Crippen LogP contribution in [-0.4, -0.2) is 25.6 Å². The van der Waals surface area contributed by atoms with E-state index in [1.807, 2.05) is 0 Å². The van der Waals surface area contributed by atoms with Crippen molar-refractivity contribution in [2.24, 2.45) is 7.05 Å². The van der Waals surface area contributed by atoms with E-state index in [9.17, 15) is 9.50 Å². The Morgan fingerprint density at radius 1 is 1.41 bits per heavy atom. The summed E-state index contributed by atoms with van der Waals surface area (Å²) in [5.41, 5.74) is 0.695. The summed E-state index contributed by atoms with van der Waals surface area (Å²) >= 11 is 1.41. The number of benzene rings is 1. The van der Waals surface area contributed by atoms with E-state index in [0.717, 1.165) is 5.16 Å². The Bertz CT molecular complexity index is 486. The van der Waals surface area contributed by atoms with E-state index in [1.54, 1.807) is 23.9 Å². The molecule has 0 radical (unpaired) electrons. The summed E-state index contributed by atoms with van der Waals surface area (Å²) in [7, 11) is 1.79. The first-order valence-electron chi connectivity index (χ1n) is 5.07. The number of aryl methyl sites for hydroxylation is 1. The van der Waals surface area contributed by atoms with Crippen molar-refractivity contribution in [2.75, 3.05) is 5.75 Å². The van der Waals surface area contributed by atoms with Crippen LogP contribution in [0.4, 0.5) is 4.39 Å². The van der Waals surface area contributed by atoms with Crippen molar-refractivity contribution in [3.05, 3.63) is 42.0 Å². The molecule has 1 atom stereocenters. The maximum atomic E-state index is 12.7. The van der Waals surface area contributed by atoms with Gasteiger partial charge in [-0.15, -0.1) is 0 Å². The summed E-state index contributed by atoms with van der Waals surface area (Å²) in [6.07, 6.45) is 0.823. The van der Waals surface area contributed by atoms with E-state index in [2.05, 4.69) is 10.1 Å². The zero-order valence-corrected chi connectivity index (χ0v) is 10.1. The highest BCUT2D eigenvalue weighted by Gasteiger charge is 2.10. The highest BCUT2D eigenvalue weighted by molar-refractivity contribution is 7.99. The lowest BCUT2D eigenvalue weighted by Crippen LogP contribution is -2.02. The minimum Gasteiger partial charge on any atom is -0.388 e. The van der Waals surface area contributed by atoms with Gasteiger partial charge in [0.2, 0.25) is 0 Å².